The highest BCUT2D eigenvalue weighted by Crippen LogP contribution is 2.38. The van der Waals surface area contributed by atoms with E-state index in [1.165, 1.54) is 12.1 Å². The summed E-state index contributed by atoms with van der Waals surface area (Å²) in [5, 5.41) is 10.1. The van der Waals surface area contributed by atoms with Crippen LogP contribution in [0.25, 0.3) is 11.0 Å². The predicted octanol–water partition coefficient (Wildman–Crippen LogP) is 6.52. The Labute approximate surface area is 252 Å². The van der Waals surface area contributed by atoms with Crippen molar-refractivity contribution in [2.75, 3.05) is 13.2 Å². The van der Waals surface area contributed by atoms with Gasteiger partial charge in [-0.25, -0.2) is 19.2 Å². The van der Waals surface area contributed by atoms with E-state index in [1.54, 1.807) is 16.7 Å². The molecule has 8 nitrogen and oxygen atoms in total. The average molecular weight is 639 g/mol. The van der Waals surface area contributed by atoms with Crippen LogP contribution in [-0.2, 0) is 43.6 Å². The van der Waals surface area contributed by atoms with Crippen molar-refractivity contribution in [2.45, 2.75) is 51.4 Å². The van der Waals surface area contributed by atoms with Crippen molar-refractivity contribution >= 4 is 40.2 Å². The highest BCUT2D eigenvalue weighted by molar-refractivity contribution is 6.35. The van der Waals surface area contributed by atoms with E-state index in [1.807, 2.05) is 4.90 Å². The molecule has 0 amide bonds. The van der Waals surface area contributed by atoms with Gasteiger partial charge in [0.1, 0.15) is 23.5 Å². The topological polar surface area (TPSA) is 89.7 Å². The van der Waals surface area contributed by atoms with E-state index in [0.717, 1.165) is 18.6 Å². The van der Waals surface area contributed by atoms with Gasteiger partial charge >= 0.3 is 12.1 Å². The first-order valence-corrected chi connectivity index (χ1v) is 14.1. The largest absolute Gasteiger partial charge is 0.478 e. The van der Waals surface area contributed by atoms with Gasteiger partial charge in [0.05, 0.1) is 36.0 Å². The number of ether oxygens (including phenoxy) is 2. The van der Waals surface area contributed by atoms with Crippen molar-refractivity contribution in [3.8, 4) is 5.88 Å². The quantitative estimate of drug-likeness (QED) is 0.220. The molecule has 226 valence electrons. The van der Waals surface area contributed by atoms with Crippen LogP contribution in [0.4, 0.5) is 17.6 Å². The first-order chi connectivity index (χ1) is 20.5. The molecule has 2 aliphatic heterocycles. The number of imidazole rings is 1. The number of rotatable bonds is 8. The van der Waals surface area contributed by atoms with E-state index in [0.29, 0.717) is 52.9 Å². The zero-order chi connectivity index (χ0) is 30.5. The van der Waals surface area contributed by atoms with Crippen LogP contribution in [0.15, 0.2) is 36.4 Å². The van der Waals surface area contributed by atoms with Gasteiger partial charge < -0.3 is 19.1 Å². The van der Waals surface area contributed by atoms with Crippen LogP contribution in [0, 0.1) is 5.82 Å². The average Bonchev–Trinajstić information content (AvgIpc) is 3.26. The summed E-state index contributed by atoms with van der Waals surface area (Å²) in [5.41, 5.74) is 0.529. The molecule has 2 aliphatic rings. The summed E-state index contributed by atoms with van der Waals surface area (Å²) in [5.74, 6) is -2.09. The van der Waals surface area contributed by atoms with Crippen LogP contribution in [0.2, 0.25) is 10.0 Å². The molecule has 0 spiro atoms. The summed E-state index contributed by atoms with van der Waals surface area (Å²) >= 11 is 12.1. The summed E-state index contributed by atoms with van der Waals surface area (Å²) in [6.07, 6.45) is -3.72. The first-order valence-electron chi connectivity index (χ1n) is 13.4. The SMILES string of the molecule is O=C(O)c1cc(F)c2nc(CN3CCc4cc(C(F)(F)F)c(OCc5ccc(Cl)cc5Cl)nc4C3)n(C[C@@H]3CCO3)c2c1. The number of benzene rings is 2. The third-order valence-corrected chi connectivity index (χ3v) is 8.18. The first kappa shape index (κ1) is 29.6. The third-order valence-electron chi connectivity index (χ3n) is 7.59. The number of hydrogen-bond donors (Lipinski definition) is 1. The van der Waals surface area contributed by atoms with E-state index < -0.39 is 29.4 Å². The minimum atomic E-state index is -4.69. The van der Waals surface area contributed by atoms with Gasteiger partial charge in [0.25, 0.3) is 0 Å². The number of carbonyl (C=O) groups is 1. The summed E-state index contributed by atoms with van der Waals surface area (Å²) in [7, 11) is 0. The molecule has 4 aromatic rings. The molecule has 1 N–H and O–H groups in total. The fraction of sp³-hybridized carbons (Fsp3) is 0.345. The molecule has 0 unspecified atom stereocenters. The van der Waals surface area contributed by atoms with Crippen LogP contribution in [-0.4, -0.2) is 49.8 Å². The lowest BCUT2D eigenvalue weighted by Gasteiger charge is -2.30. The molecule has 6 rings (SSSR count). The Kier molecular flexibility index (Phi) is 7.97. The second-order valence-corrected chi connectivity index (χ2v) is 11.3. The van der Waals surface area contributed by atoms with Crippen LogP contribution >= 0.6 is 23.2 Å². The summed E-state index contributed by atoms with van der Waals surface area (Å²) in [6.45, 7) is 1.53. The maximum Gasteiger partial charge on any atom is 0.421 e. The standard InChI is InChI=1S/C29H24Cl2F4N4O4/c30-18-2-1-16(21(31)10-18)14-43-27-20(29(33,34)35)7-15-3-5-38(12-23(15)36-27)13-25-37-26-22(32)8-17(28(40)41)9-24(26)39(25)11-19-4-6-42-19/h1-2,7-10,19H,3-6,11-14H2,(H,40,41)/t19-/m0/s1. The Morgan fingerprint density at radius 3 is 2.63 bits per heavy atom. The molecule has 1 fully saturated rings. The summed E-state index contributed by atoms with van der Waals surface area (Å²) in [6, 6.07) is 8.00. The number of carboxylic acid groups (broad SMARTS) is 1. The van der Waals surface area contributed by atoms with E-state index in [2.05, 4.69) is 9.97 Å². The van der Waals surface area contributed by atoms with Gasteiger partial charge in [-0.2, -0.15) is 13.2 Å². The van der Waals surface area contributed by atoms with E-state index in [-0.39, 0.29) is 48.3 Å². The van der Waals surface area contributed by atoms with Crippen molar-refractivity contribution in [2.24, 2.45) is 0 Å². The fourth-order valence-electron chi connectivity index (χ4n) is 5.24. The maximum atomic E-state index is 14.9. The van der Waals surface area contributed by atoms with Crippen molar-refractivity contribution in [1.29, 1.82) is 0 Å². The number of halogens is 6. The van der Waals surface area contributed by atoms with Crippen LogP contribution in [0.3, 0.4) is 0 Å². The summed E-state index contributed by atoms with van der Waals surface area (Å²) in [4.78, 5) is 22.3. The number of pyridine rings is 1. The van der Waals surface area contributed by atoms with Gasteiger partial charge in [0.2, 0.25) is 5.88 Å². The maximum absolute atomic E-state index is 14.9. The van der Waals surface area contributed by atoms with Crippen molar-refractivity contribution in [1.82, 2.24) is 19.4 Å². The molecular weight excluding hydrogens is 615 g/mol. The number of hydrogen-bond acceptors (Lipinski definition) is 6. The van der Waals surface area contributed by atoms with Crippen LogP contribution in [0.1, 0.15) is 45.0 Å². The Morgan fingerprint density at radius 1 is 1.16 bits per heavy atom. The number of fused-ring (bicyclic) bond motifs is 2. The predicted molar refractivity (Wildman–Crippen MR) is 149 cm³/mol. The number of nitrogens with zero attached hydrogens (tertiary/aromatic N) is 4. The lowest BCUT2D eigenvalue weighted by Crippen LogP contribution is -2.34. The molecule has 2 aromatic carbocycles. The number of alkyl halides is 3. The Morgan fingerprint density at radius 2 is 1.95 bits per heavy atom. The Balaban J connectivity index is 1.29. The van der Waals surface area contributed by atoms with Gasteiger partial charge in [-0.3, -0.25) is 4.90 Å². The Bertz CT molecular complexity index is 1730. The highest BCUT2D eigenvalue weighted by Gasteiger charge is 2.37. The Hall–Kier alpha value is -3.45. The van der Waals surface area contributed by atoms with Crippen molar-refractivity contribution < 1.29 is 36.9 Å². The molecule has 1 saturated heterocycles. The van der Waals surface area contributed by atoms with Gasteiger partial charge in [0.15, 0.2) is 5.82 Å². The van der Waals surface area contributed by atoms with E-state index in [9.17, 15) is 27.5 Å². The molecule has 0 radical (unpaired) electrons. The molecule has 0 bridgehead atoms. The normalized spacial score (nSPS) is 17.1. The molecule has 1 atom stereocenters. The highest BCUT2D eigenvalue weighted by atomic mass is 35.5. The second kappa shape index (κ2) is 11.6. The van der Waals surface area contributed by atoms with Gasteiger partial charge in [-0.15, -0.1) is 0 Å². The lowest BCUT2D eigenvalue weighted by molar-refractivity contribution is -0.139. The van der Waals surface area contributed by atoms with Gasteiger partial charge in [-0.05, 0) is 48.7 Å². The monoisotopic (exact) mass is 638 g/mol. The third kappa shape index (κ3) is 6.14. The summed E-state index contributed by atoms with van der Waals surface area (Å²) < 4.78 is 69.7. The molecule has 0 aliphatic carbocycles. The molecule has 4 heterocycles. The number of aromatic nitrogens is 3. The molecule has 43 heavy (non-hydrogen) atoms. The van der Waals surface area contributed by atoms with Gasteiger partial charge in [-0.1, -0.05) is 29.3 Å². The number of aromatic carboxylic acids is 1. The molecule has 0 saturated carbocycles. The molecule has 2 aromatic heterocycles. The number of carboxylic acids is 1. The van der Waals surface area contributed by atoms with E-state index >= 15 is 0 Å². The lowest BCUT2D eigenvalue weighted by atomic mass is 10.0. The van der Waals surface area contributed by atoms with Crippen LogP contribution < -0.4 is 4.74 Å². The zero-order valence-electron chi connectivity index (χ0n) is 22.4. The molecular formula is C29H24Cl2F4N4O4. The minimum Gasteiger partial charge on any atom is -0.478 e. The van der Waals surface area contributed by atoms with Crippen molar-refractivity contribution in [3.05, 3.63) is 86.0 Å². The van der Waals surface area contributed by atoms with Crippen LogP contribution in [0.5, 0.6) is 5.88 Å². The minimum absolute atomic E-state index is 0.0428. The zero-order valence-corrected chi connectivity index (χ0v) is 23.9. The van der Waals surface area contributed by atoms with E-state index in [4.69, 9.17) is 32.7 Å². The smallest absolute Gasteiger partial charge is 0.421 e. The second-order valence-electron chi connectivity index (χ2n) is 10.5. The van der Waals surface area contributed by atoms with Crippen molar-refractivity contribution in [3.63, 3.8) is 0 Å². The van der Waals surface area contributed by atoms with Gasteiger partial charge in [0, 0.05) is 35.3 Å². The fourth-order valence-corrected chi connectivity index (χ4v) is 5.70. The molecule has 14 heteroatoms.